The lowest BCUT2D eigenvalue weighted by Crippen LogP contribution is -2.06. The second kappa shape index (κ2) is 16.3. The van der Waals surface area contributed by atoms with Crippen molar-refractivity contribution in [2.24, 2.45) is 0 Å². The molecule has 1 heterocycles. The average Bonchev–Trinajstić information content (AvgIpc) is 3.26. The van der Waals surface area contributed by atoms with E-state index >= 15 is 0 Å². The van der Waals surface area contributed by atoms with Gasteiger partial charge in [0.25, 0.3) is 0 Å². The van der Waals surface area contributed by atoms with Crippen LogP contribution >= 0.6 is 0 Å². The van der Waals surface area contributed by atoms with Crippen LogP contribution in [-0.4, -0.2) is 35.9 Å². The average molecular weight is 527 g/mol. The van der Waals surface area contributed by atoms with Crippen molar-refractivity contribution >= 4 is 17.6 Å². The maximum Gasteiger partial charge on any atom is 0.341 e. The minimum Gasteiger partial charge on any atom is -0.466 e. The van der Waals surface area contributed by atoms with E-state index in [-0.39, 0.29) is 11.6 Å². The molecule has 0 unspecified atom stereocenters. The number of aryl methyl sites for hydroxylation is 1. The molecule has 0 aliphatic heterocycles. The summed E-state index contributed by atoms with van der Waals surface area (Å²) in [5.74, 6) is -1.43. The normalized spacial score (nSPS) is 10.1. The zero-order valence-electron chi connectivity index (χ0n) is 22.3. The summed E-state index contributed by atoms with van der Waals surface area (Å²) in [6, 6.07) is 13.8. The highest BCUT2D eigenvalue weighted by molar-refractivity contribution is 5.92. The lowest BCUT2D eigenvalue weighted by atomic mass is 10.1. The van der Waals surface area contributed by atoms with Gasteiger partial charge in [0.2, 0.25) is 0 Å². The molecule has 0 aliphatic carbocycles. The van der Waals surface area contributed by atoms with E-state index in [0.717, 1.165) is 0 Å². The van der Waals surface area contributed by atoms with Gasteiger partial charge in [0.15, 0.2) is 0 Å². The number of carbonyl (C=O) groups is 2. The van der Waals surface area contributed by atoms with E-state index in [1.807, 2.05) is 19.9 Å². The van der Waals surface area contributed by atoms with Crippen molar-refractivity contribution in [3.63, 3.8) is 0 Å². The van der Waals surface area contributed by atoms with Crippen LogP contribution in [0.1, 0.15) is 48.9 Å². The lowest BCUT2D eigenvalue weighted by Gasteiger charge is -2.05. The fraction of sp³-hybridized carbons (Fsp3) is 0.286. The number of esters is 2. The molecular formula is C28H32F2N4O4. The van der Waals surface area contributed by atoms with Crippen LogP contribution in [0.3, 0.4) is 0 Å². The number of carbonyl (C=O) groups excluding carboxylic acids is 2. The highest BCUT2D eigenvalue weighted by atomic mass is 19.1. The summed E-state index contributed by atoms with van der Waals surface area (Å²) in [6.45, 7) is 7.26. The van der Waals surface area contributed by atoms with Gasteiger partial charge in [-0.3, -0.25) is 0 Å². The molecule has 0 radical (unpaired) electrons. The lowest BCUT2D eigenvalue weighted by molar-refractivity contribution is -0.134. The molecule has 10 heteroatoms. The predicted molar refractivity (Wildman–Crippen MR) is 141 cm³/mol. The fourth-order valence-electron chi connectivity index (χ4n) is 3.04. The number of hydrogen-bond acceptors (Lipinski definition) is 7. The zero-order chi connectivity index (χ0) is 28.7. The second-order valence-electron chi connectivity index (χ2n) is 7.63. The minimum atomic E-state index is -0.429. The van der Waals surface area contributed by atoms with Gasteiger partial charge in [-0.1, -0.05) is 13.8 Å². The number of nitrogens with one attached hydrogen (secondary N) is 1. The molecule has 0 bridgehead atoms. The Labute approximate surface area is 221 Å². The van der Waals surface area contributed by atoms with Crippen molar-refractivity contribution in [2.75, 3.05) is 19.5 Å². The summed E-state index contributed by atoms with van der Waals surface area (Å²) in [7, 11) is 2.65. The second-order valence-corrected chi connectivity index (χ2v) is 7.63. The molecule has 0 amide bonds. The Morgan fingerprint density at radius 3 is 2.00 bits per heavy atom. The van der Waals surface area contributed by atoms with E-state index in [9.17, 15) is 18.4 Å². The number of hydrogen-bond donors (Lipinski definition) is 1. The Kier molecular flexibility index (Phi) is 13.5. The maximum atomic E-state index is 12.9. The van der Waals surface area contributed by atoms with E-state index in [2.05, 4.69) is 15.2 Å². The molecule has 1 aromatic heterocycles. The largest absolute Gasteiger partial charge is 0.466 e. The number of methoxy groups -OCH3 is 2. The molecule has 3 aromatic rings. The predicted octanol–water partition coefficient (Wildman–Crippen LogP) is 5.90. The van der Waals surface area contributed by atoms with Gasteiger partial charge in [-0.05, 0) is 68.8 Å². The van der Waals surface area contributed by atoms with Gasteiger partial charge in [-0.25, -0.2) is 23.1 Å². The monoisotopic (exact) mass is 526 g/mol. The van der Waals surface area contributed by atoms with Crippen molar-refractivity contribution in [2.45, 2.75) is 40.5 Å². The molecule has 0 saturated carbocycles. The summed E-state index contributed by atoms with van der Waals surface area (Å²) in [5, 5.41) is 14.9. The van der Waals surface area contributed by atoms with E-state index < -0.39 is 11.9 Å². The van der Waals surface area contributed by atoms with Crippen LogP contribution < -0.4 is 5.32 Å². The summed E-state index contributed by atoms with van der Waals surface area (Å²) >= 11 is 0. The summed E-state index contributed by atoms with van der Waals surface area (Å²) in [4.78, 5) is 22.6. The molecule has 0 fully saturated rings. The Bertz CT molecular complexity index is 1260. The highest BCUT2D eigenvalue weighted by Gasteiger charge is 2.21. The van der Waals surface area contributed by atoms with Crippen LogP contribution in [0.4, 0.5) is 14.5 Å². The van der Waals surface area contributed by atoms with Crippen LogP contribution in [0.25, 0.3) is 5.69 Å². The number of allylic oxidation sites excluding steroid dienone is 1. The SMILES string of the molecule is CCC#N.CCc1nn(-c2ccc(F)cc2)c(C)c1C(=O)OC.COC(=O)C=C(C)Nc1ccc(F)cc1. The minimum absolute atomic E-state index is 0.296. The van der Waals surface area contributed by atoms with Gasteiger partial charge >= 0.3 is 11.9 Å². The molecule has 0 atom stereocenters. The van der Waals surface area contributed by atoms with E-state index in [0.29, 0.717) is 46.9 Å². The molecule has 8 nitrogen and oxygen atoms in total. The van der Waals surface area contributed by atoms with Crippen molar-refractivity contribution in [3.8, 4) is 11.8 Å². The third-order valence-corrected chi connectivity index (χ3v) is 4.86. The quantitative estimate of drug-likeness (QED) is 0.315. The van der Waals surface area contributed by atoms with Crippen LogP contribution in [0.15, 0.2) is 60.3 Å². The maximum absolute atomic E-state index is 12.9. The Balaban J connectivity index is 0.000000341. The first-order valence-electron chi connectivity index (χ1n) is 11.7. The zero-order valence-corrected chi connectivity index (χ0v) is 22.3. The van der Waals surface area contributed by atoms with Gasteiger partial charge in [0.05, 0.1) is 37.4 Å². The summed E-state index contributed by atoms with van der Waals surface area (Å²) in [6.07, 6.45) is 2.57. The van der Waals surface area contributed by atoms with Gasteiger partial charge in [0, 0.05) is 23.9 Å². The number of benzene rings is 2. The molecule has 38 heavy (non-hydrogen) atoms. The number of halogens is 2. The fourth-order valence-corrected chi connectivity index (χ4v) is 3.04. The summed E-state index contributed by atoms with van der Waals surface area (Å²) < 4.78 is 36.4. The Morgan fingerprint density at radius 2 is 1.55 bits per heavy atom. The third kappa shape index (κ3) is 9.85. The Morgan fingerprint density at radius 1 is 1.03 bits per heavy atom. The number of nitriles is 1. The summed E-state index contributed by atoms with van der Waals surface area (Å²) in [5.41, 5.74) is 3.91. The molecule has 2 aromatic carbocycles. The van der Waals surface area contributed by atoms with Crippen molar-refractivity contribution in [1.29, 1.82) is 5.26 Å². The first kappa shape index (κ1) is 31.5. The number of aromatic nitrogens is 2. The van der Waals surface area contributed by atoms with Crippen molar-refractivity contribution < 1.29 is 27.8 Å². The molecule has 0 spiro atoms. The number of rotatable bonds is 6. The molecule has 0 saturated heterocycles. The number of nitrogens with zero attached hydrogens (tertiary/aromatic N) is 3. The van der Waals surface area contributed by atoms with Crippen molar-refractivity contribution in [1.82, 2.24) is 9.78 Å². The standard InChI is InChI=1S/C14H15FN2O2.C11H12FNO2.C3H5N/c1-4-12-13(14(18)19-3)9(2)17(16-12)11-7-5-10(15)6-8-11;1-8(7-11(14)15-2)13-10-5-3-9(12)4-6-10;1-2-3-4/h5-8H,4H2,1-3H3;3-7,13H,1-2H3;2H2,1H3. The molecular weight excluding hydrogens is 494 g/mol. The Hall–Kier alpha value is -4.52. The van der Waals surface area contributed by atoms with Gasteiger partial charge in [-0.2, -0.15) is 10.4 Å². The van der Waals surface area contributed by atoms with E-state index in [1.165, 1.54) is 44.6 Å². The van der Waals surface area contributed by atoms with Crippen LogP contribution in [0, 0.1) is 29.9 Å². The van der Waals surface area contributed by atoms with Crippen molar-refractivity contribution in [3.05, 3.63) is 88.9 Å². The molecule has 3 rings (SSSR count). The smallest absolute Gasteiger partial charge is 0.341 e. The van der Waals surface area contributed by atoms with Gasteiger partial charge in [0.1, 0.15) is 17.2 Å². The molecule has 0 aliphatic rings. The topological polar surface area (TPSA) is 106 Å². The molecule has 202 valence electrons. The van der Waals surface area contributed by atoms with Gasteiger partial charge < -0.3 is 14.8 Å². The molecule has 1 N–H and O–H groups in total. The first-order chi connectivity index (χ1) is 18.1. The van der Waals surface area contributed by atoms with Gasteiger partial charge in [-0.15, -0.1) is 0 Å². The third-order valence-electron chi connectivity index (χ3n) is 4.86. The van der Waals surface area contributed by atoms with E-state index in [4.69, 9.17) is 10.00 Å². The highest BCUT2D eigenvalue weighted by Crippen LogP contribution is 2.20. The number of ether oxygens (including phenoxy) is 2. The van der Waals surface area contributed by atoms with Crippen LogP contribution in [0.5, 0.6) is 0 Å². The number of anilines is 1. The first-order valence-corrected chi connectivity index (χ1v) is 11.7. The van der Waals surface area contributed by atoms with E-state index in [1.54, 1.807) is 42.8 Å². The van der Waals surface area contributed by atoms with Crippen LogP contribution in [-0.2, 0) is 20.7 Å². The van der Waals surface area contributed by atoms with Crippen LogP contribution in [0.2, 0.25) is 0 Å².